The molecule has 1 aromatic rings. The van der Waals surface area contributed by atoms with Gasteiger partial charge in [0.25, 0.3) is 0 Å². The van der Waals surface area contributed by atoms with Gasteiger partial charge in [-0.1, -0.05) is 30.5 Å². The summed E-state index contributed by atoms with van der Waals surface area (Å²) in [4.78, 5) is 2.55. The minimum absolute atomic E-state index is 0.251. The second-order valence-corrected chi connectivity index (χ2v) is 6.36. The Morgan fingerprint density at radius 2 is 1.90 bits per heavy atom. The van der Waals surface area contributed by atoms with Crippen molar-refractivity contribution in [3.63, 3.8) is 0 Å². The molecule has 3 rings (SSSR count). The molecule has 2 fully saturated rings. The number of benzene rings is 1. The van der Waals surface area contributed by atoms with E-state index in [4.69, 9.17) is 11.6 Å². The van der Waals surface area contributed by atoms with Crippen molar-refractivity contribution in [1.82, 2.24) is 10.2 Å². The lowest BCUT2D eigenvalue weighted by Crippen LogP contribution is -2.46. The van der Waals surface area contributed by atoms with Gasteiger partial charge in [-0.3, -0.25) is 4.90 Å². The van der Waals surface area contributed by atoms with Crippen molar-refractivity contribution < 1.29 is 4.39 Å². The zero-order valence-electron chi connectivity index (χ0n) is 11.7. The van der Waals surface area contributed by atoms with Crippen molar-refractivity contribution >= 4 is 11.6 Å². The van der Waals surface area contributed by atoms with Crippen LogP contribution in [-0.4, -0.2) is 31.1 Å². The Balaban J connectivity index is 1.88. The van der Waals surface area contributed by atoms with E-state index in [0.29, 0.717) is 12.0 Å². The lowest BCUT2D eigenvalue weighted by Gasteiger charge is -2.38. The first kappa shape index (κ1) is 14.3. The average molecular weight is 297 g/mol. The van der Waals surface area contributed by atoms with Crippen LogP contribution < -0.4 is 5.32 Å². The van der Waals surface area contributed by atoms with E-state index in [1.54, 1.807) is 0 Å². The second kappa shape index (κ2) is 6.42. The number of piperazine rings is 1. The van der Waals surface area contributed by atoms with Crippen LogP contribution in [0.15, 0.2) is 18.2 Å². The number of nitrogens with one attached hydrogen (secondary N) is 1. The lowest BCUT2D eigenvalue weighted by atomic mass is 9.89. The van der Waals surface area contributed by atoms with Crippen LogP contribution in [0, 0.1) is 11.7 Å². The third kappa shape index (κ3) is 3.00. The van der Waals surface area contributed by atoms with E-state index in [-0.39, 0.29) is 10.8 Å². The van der Waals surface area contributed by atoms with Gasteiger partial charge in [0.1, 0.15) is 5.82 Å². The van der Waals surface area contributed by atoms with Gasteiger partial charge in [-0.15, -0.1) is 0 Å². The van der Waals surface area contributed by atoms with Gasteiger partial charge in [0.15, 0.2) is 0 Å². The summed E-state index contributed by atoms with van der Waals surface area (Å²) in [5.41, 5.74) is 1.19. The first-order chi connectivity index (χ1) is 9.75. The maximum absolute atomic E-state index is 13.4. The summed E-state index contributed by atoms with van der Waals surface area (Å²) in [7, 11) is 0. The van der Waals surface area contributed by atoms with Crippen LogP contribution in [0.2, 0.25) is 5.02 Å². The molecule has 0 unspecified atom stereocenters. The van der Waals surface area contributed by atoms with Crippen molar-refractivity contribution in [3.8, 4) is 0 Å². The summed E-state index contributed by atoms with van der Waals surface area (Å²) >= 11 is 6.00. The highest BCUT2D eigenvalue weighted by Crippen LogP contribution is 2.40. The molecule has 0 radical (unpaired) electrons. The minimum Gasteiger partial charge on any atom is -0.314 e. The van der Waals surface area contributed by atoms with Gasteiger partial charge in [0.2, 0.25) is 0 Å². The molecule has 0 aromatic heterocycles. The molecule has 1 saturated heterocycles. The molecule has 1 atom stereocenters. The van der Waals surface area contributed by atoms with Gasteiger partial charge >= 0.3 is 0 Å². The van der Waals surface area contributed by atoms with Gasteiger partial charge in [0, 0.05) is 32.2 Å². The molecule has 2 aliphatic rings. The van der Waals surface area contributed by atoms with Crippen LogP contribution in [0.25, 0.3) is 0 Å². The summed E-state index contributed by atoms with van der Waals surface area (Å²) in [6.07, 6.45) is 5.21. The monoisotopic (exact) mass is 296 g/mol. The molecular weight excluding hydrogens is 275 g/mol. The van der Waals surface area contributed by atoms with E-state index in [1.165, 1.54) is 37.3 Å². The van der Waals surface area contributed by atoms with Crippen LogP contribution in [-0.2, 0) is 0 Å². The van der Waals surface area contributed by atoms with E-state index in [9.17, 15) is 4.39 Å². The topological polar surface area (TPSA) is 15.3 Å². The van der Waals surface area contributed by atoms with Crippen molar-refractivity contribution in [1.29, 1.82) is 0 Å². The Hall–Kier alpha value is -0.640. The molecule has 4 heteroatoms. The van der Waals surface area contributed by atoms with Crippen molar-refractivity contribution in [2.45, 2.75) is 31.7 Å². The molecule has 110 valence electrons. The SMILES string of the molecule is Fc1ccc([C@@H](C2CCCC2)N2CCNCC2)cc1Cl. The van der Waals surface area contributed by atoms with E-state index < -0.39 is 0 Å². The number of nitrogens with zero attached hydrogens (tertiary/aromatic N) is 1. The third-order valence-electron chi connectivity index (χ3n) is 4.68. The zero-order valence-corrected chi connectivity index (χ0v) is 12.5. The zero-order chi connectivity index (χ0) is 13.9. The summed E-state index contributed by atoms with van der Waals surface area (Å²) in [5, 5.41) is 3.65. The van der Waals surface area contributed by atoms with Gasteiger partial charge in [0.05, 0.1) is 5.02 Å². The molecule has 0 amide bonds. The fraction of sp³-hybridized carbons (Fsp3) is 0.625. The van der Waals surface area contributed by atoms with Crippen LogP contribution in [0.3, 0.4) is 0 Å². The van der Waals surface area contributed by atoms with Gasteiger partial charge in [-0.05, 0) is 36.5 Å². The van der Waals surface area contributed by atoms with E-state index in [1.807, 2.05) is 12.1 Å². The maximum Gasteiger partial charge on any atom is 0.141 e. The third-order valence-corrected chi connectivity index (χ3v) is 4.97. The lowest BCUT2D eigenvalue weighted by molar-refractivity contribution is 0.125. The molecule has 0 bridgehead atoms. The molecule has 1 aromatic carbocycles. The molecule has 1 aliphatic carbocycles. The smallest absolute Gasteiger partial charge is 0.141 e. The largest absolute Gasteiger partial charge is 0.314 e. The normalized spacial score (nSPS) is 23.1. The van der Waals surface area contributed by atoms with Crippen molar-refractivity contribution in [3.05, 3.63) is 34.6 Å². The standard InChI is InChI=1S/C16H22ClFN2/c17-14-11-13(5-6-15(14)18)16(12-3-1-2-4-12)20-9-7-19-8-10-20/h5-6,11-12,16,19H,1-4,7-10H2/t16-/m1/s1. The molecule has 1 aliphatic heterocycles. The highest BCUT2D eigenvalue weighted by molar-refractivity contribution is 6.30. The van der Waals surface area contributed by atoms with Crippen LogP contribution in [0.1, 0.15) is 37.3 Å². The van der Waals surface area contributed by atoms with E-state index in [2.05, 4.69) is 10.2 Å². The predicted molar refractivity (Wildman–Crippen MR) is 80.6 cm³/mol. The van der Waals surface area contributed by atoms with Crippen LogP contribution in [0.5, 0.6) is 0 Å². The molecule has 1 saturated carbocycles. The minimum atomic E-state index is -0.319. The Morgan fingerprint density at radius 3 is 2.55 bits per heavy atom. The summed E-state index contributed by atoms with van der Waals surface area (Å²) in [6, 6.07) is 5.67. The fourth-order valence-corrected chi connectivity index (χ4v) is 3.90. The first-order valence-corrected chi connectivity index (χ1v) is 8.03. The average Bonchev–Trinajstić information content (AvgIpc) is 2.98. The Morgan fingerprint density at radius 1 is 1.20 bits per heavy atom. The summed E-state index contributed by atoms with van der Waals surface area (Å²) < 4.78 is 13.4. The molecule has 0 spiro atoms. The second-order valence-electron chi connectivity index (χ2n) is 5.95. The van der Waals surface area contributed by atoms with Crippen molar-refractivity contribution in [2.24, 2.45) is 5.92 Å². The van der Waals surface area contributed by atoms with E-state index >= 15 is 0 Å². The molecule has 1 N–H and O–H groups in total. The first-order valence-electron chi connectivity index (χ1n) is 7.65. The molecule has 2 nitrogen and oxygen atoms in total. The summed E-state index contributed by atoms with van der Waals surface area (Å²) in [6.45, 7) is 4.21. The Labute approximate surface area is 125 Å². The van der Waals surface area contributed by atoms with E-state index in [0.717, 1.165) is 26.2 Å². The van der Waals surface area contributed by atoms with Gasteiger partial charge < -0.3 is 5.32 Å². The molecule has 20 heavy (non-hydrogen) atoms. The quantitative estimate of drug-likeness (QED) is 0.916. The predicted octanol–water partition coefficient (Wildman–Crippen LogP) is 3.62. The molecular formula is C16H22ClFN2. The number of rotatable bonds is 3. The Kier molecular flexibility index (Phi) is 4.59. The van der Waals surface area contributed by atoms with Crippen LogP contribution in [0.4, 0.5) is 4.39 Å². The highest BCUT2D eigenvalue weighted by Gasteiger charge is 2.32. The van der Waals surface area contributed by atoms with Crippen molar-refractivity contribution in [2.75, 3.05) is 26.2 Å². The van der Waals surface area contributed by atoms with Gasteiger partial charge in [-0.25, -0.2) is 4.39 Å². The van der Waals surface area contributed by atoms with Gasteiger partial charge in [-0.2, -0.15) is 0 Å². The number of hydrogen-bond acceptors (Lipinski definition) is 2. The van der Waals surface area contributed by atoms with Crippen LogP contribution >= 0.6 is 11.6 Å². The number of halogens is 2. The number of hydrogen-bond donors (Lipinski definition) is 1. The highest BCUT2D eigenvalue weighted by atomic mass is 35.5. The maximum atomic E-state index is 13.4. The fourth-order valence-electron chi connectivity index (χ4n) is 3.71. The Bertz CT molecular complexity index is 454. The summed E-state index contributed by atoms with van der Waals surface area (Å²) in [5.74, 6) is 0.371. The molecule has 1 heterocycles.